The molecule has 31 heavy (non-hydrogen) atoms. The molecule has 3 aromatic rings. The second-order valence-corrected chi connectivity index (χ2v) is 7.82. The van der Waals surface area contributed by atoms with Crippen LogP contribution in [-0.2, 0) is 11.3 Å². The van der Waals surface area contributed by atoms with Gasteiger partial charge >= 0.3 is 5.97 Å². The maximum atomic E-state index is 12.5. The number of ether oxygens (including phenoxy) is 3. The second kappa shape index (κ2) is 11.0. The van der Waals surface area contributed by atoms with Crippen LogP contribution in [0.1, 0.15) is 33.2 Å². The molecule has 0 atom stereocenters. The van der Waals surface area contributed by atoms with Crippen molar-refractivity contribution in [3.63, 3.8) is 0 Å². The molecule has 0 aliphatic heterocycles. The predicted molar refractivity (Wildman–Crippen MR) is 122 cm³/mol. The third-order valence-corrected chi connectivity index (χ3v) is 5.08. The van der Waals surface area contributed by atoms with Gasteiger partial charge in [0.15, 0.2) is 23.9 Å². The molecule has 0 aromatic heterocycles. The van der Waals surface area contributed by atoms with Crippen molar-refractivity contribution >= 4 is 39.3 Å². The number of carbonyl (C=O) groups excluding carboxylic acids is 2. The van der Waals surface area contributed by atoms with E-state index in [4.69, 9.17) is 25.8 Å². The first-order chi connectivity index (χ1) is 15.0. The van der Waals surface area contributed by atoms with Gasteiger partial charge in [-0.25, -0.2) is 4.79 Å². The Hall–Kier alpha value is -2.83. The lowest BCUT2D eigenvalue weighted by atomic mass is 10.1. The topological polar surface area (TPSA) is 61.8 Å². The normalized spacial score (nSPS) is 10.4. The van der Waals surface area contributed by atoms with Crippen LogP contribution < -0.4 is 9.47 Å². The minimum atomic E-state index is -0.681. The Morgan fingerprint density at radius 3 is 2.32 bits per heavy atom. The molecule has 0 amide bonds. The Kier molecular flexibility index (Phi) is 8.09. The smallest absolute Gasteiger partial charge is 0.338 e. The molecule has 0 saturated heterocycles. The van der Waals surface area contributed by atoms with E-state index in [-0.39, 0.29) is 29.6 Å². The molecule has 0 radical (unpaired) electrons. The van der Waals surface area contributed by atoms with E-state index >= 15 is 0 Å². The first-order valence-corrected chi connectivity index (χ1v) is 10.7. The van der Waals surface area contributed by atoms with Crippen LogP contribution in [0.25, 0.3) is 0 Å². The van der Waals surface area contributed by atoms with Crippen molar-refractivity contribution in [2.75, 3.05) is 13.2 Å². The van der Waals surface area contributed by atoms with Crippen LogP contribution in [0.3, 0.4) is 0 Å². The summed E-state index contributed by atoms with van der Waals surface area (Å²) in [5.74, 6) is -0.314. The van der Waals surface area contributed by atoms with E-state index in [0.29, 0.717) is 23.7 Å². The summed E-state index contributed by atoms with van der Waals surface area (Å²) >= 11 is 9.64. The average Bonchev–Trinajstić information content (AvgIpc) is 2.78. The van der Waals surface area contributed by atoms with Crippen molar-refractivity contribution in [1.29, 1.82) is 0 Å². The van der Waals surface area contributed by atoms with Crippen molar-refractivity contribution in [1.82, 2.24) is 0 Å². The summed E-state index contributed by atoms with van der Waals surface area (Å²) in [5.41, 5.74) is 1.57. The predicted octanol–water partition coefficient (Wildman–Crippen LogP) is 6.12. The van der Waals surface area contributed by atoms with Crippen LogP contribution in [0.4, 0.5) is 0 Å². The van der Waals surface area contributed by atoms with Crippen molar-refractivity contribution in [3.05, 3.63) is 92.9 Å². The Morgan fingerprint density at radius 1 is 0.935 bits per heavy atom. The van der Waals surface area contributed by atoms with Gasteiger partial charge in [-0.15, -0.1) is 0 Å². The highest BCUT2D eigenvalue weighted by Crippen LogP contribution is 2.37. The molecule has 0 heterocycles. The fourth-order valence-corrected chi connectivity index (χ4v) is 3.28. The minimum Gasteiger partial charge on any atom is -0.488 e. The van der Waals surface area contributed by atoms with Gasteiger partial charge < -0.3 is 14.2 Å². The number of Topliss-reactive ketones (excluding diaryl/α,β-unsaturated/α-hetero) is 1. The molecule has 0 fully saturated rings. The van der Waals surface area contributed by atoms with E-state index < -0.39 is 5.97 Å². The zero-order valence-corrected chi connectivity index (χ0v) is 19.1. The molecular formula is C24H20BrClO5. The van der Waals surface area contributed by atoms with Gasteiger partial charge in [0, 0.05) is 10.0 Å². The Labute approximate surface area is 194 Å². The maximum absolute atomic E-state index is 12.5. The van der Waals surface area contributed by atoms with E-state index in [1.165, 1.54) is 12.1 Å². The maximum Gasteiger partial charge on any atom is 0.338 e. The first kappa shape index (κ1) is 22.8. The zero-order valence-electron chi connectivity index (χ0n) is 16.8. The molecule has 0 saturated carbocycles. The van der Waals surface area contributed by atoms with E-state index in [9.17, 15) is 9.59 Å². The standard InChI is InChI=1S/C24H20BrClO5/c1-2-29-23-20(26)12-18(13-22(23)30-14-16-6-4-3-5-7-16)24(28)31-15-21(27)17-8-10-19(25)11-9-17/h3-13H,2,14-15H2,1H3. The summed E-state index contributed by atoms with van der Waals surface area (Å²) in [5, 5.41) is 0.221. The highest BCUT2D eigenvalue weighted by Gasteiger charge is 2.18. The number of rotatable bonds is 9. The fourth-order valence-electron chi connectivity index (χ4n) is 2.75. The van der Waals surface area contributed by atoms with Gasteiger partial charge in [0.05, 0.1) is 17.2 Å². The van der Waals surface area contributed by atoms with Gasteiger partial charge in [-0.05, 0) is 36.8 Å². The lowest BCUT2D eigenvalue weighted by molar-refractivity contribution is 0.0474. The number of ketones is 1. The summed E-state index contributed by atoms with van der Waals surface area (Å²) in [6.45, 7) is 2.10. The van der Waals surface area contributed by atoms with Crippen molar-refractivity contribution in [2.24, 2.45) is 0 Å². The number of benzene rings is 3. The Bertz CT molecular complexity index is 1050. The summed E-state index contributed by atoms with van der Waals surface area (Å²) in [4.78, 5) is 24.8. The van der Waals surface area contributed by atoms with Gasteiger partial charge in [-0.2, -0.15) is 0 Å². The van der Waals surface area contributed by atoms with E-state index in [1.54, 1.807) is 24.3 Å². The number of hydrogen-bond acceptors (Lipinski definition) is 5. The van der Waals surface area contributed by atoms with Crippen LogP contribution in [-0.4, -0.2) is 25.0 Å². The summed E-state index contributed by atoms with van der Waals surface area (Å²) in [6.07, 6.45) is 0. The third-order valence-electron chi connectivity index (χ3n) is 4.27. The molecular weight excluding hydrogens is 484 g/mol. The summed E-state index contributed by atoms with van der Waals surface area (Å²) in [6, 6.07) is 19.3. The molecule has 0 aliphatic rings. The van der Waals surface area contributed by atoms with Crippen LogP contribution in [0.2, 0.25) is 5.02 Å². The fraction of sp³-hybridized carbons (Fsp3) is 0.167. The zero-order chi connectivity index (χ0) is 22.2. The monoisotopic (exact) mass is 502 g/mol. The van der Waals surface area contributed by atoms with Gasteiger partial charge in [-0.3, -0.25) is 4.79 Å². The van der Waals surface area contributed by atoms with Crippen molar-refractivity contribution < 1.29 is 23.8 Å². The van der Waals surface area contributed by atoms with E-state index in [1.807, 2.05) is 37.3 Å². The first-order valence-electron chi connectivity index (χ1n) is 9.57. The highest BCUT2D eigenvalue weighted by atomic mass is 79.9. The average molecular weight is 504 g/mol. The number of hydrogen-bond donors (Lipinski definition) is 0. The minimum absolute atomic E-state index is 0.167. The molecule has 3 rings (SSSR count). The van der Waals surface area contributed by atoms with Crippen LogP contribution in [0.5, 0.6) is 11.5 Å². The molecule has 0 bridgehead atoms. The van der Waals surface area contributed by atoms with Gasteiger partial charge in [0.1, 0.15) is 6.61 Å². The highest BCUT2D eigenvalue weighted by molar-refractivity contribution is 9.10. The SMILES string of the molecule is CCOc1c(Cl)cc(C(=O)OCC(=O)c2ccc(Br)cc2)cc1OCc1ccccc1. The molecule has 7 heteroatoms. The van der Waals surface area contributed by atoms with Crippen LogP contribution >= 0.6 is 27.5 Å². The van der Waals surface area contributed by atoms with Crippen molar-refractivity contribution in [3.8, 4) is 11.5 Å². The molecule has 160 valence electrons. The second-order valence-electron chi connectivity index (χ2n) is 6.50. The van der Waals surface area contributed by atoms with Crippen LogP contribution in [0.15, 0.2) is 71.2 Å². The largest absolute Gasteiger partial charge is 0.488 e. The van der Waals surface area contributed by atoms with Crippen LogP contribution in [0, 0.1) is 0 Å². The number of carbonyl (C=O) groups is 2. The molecule has 0 aliphatic carbocycles. The molecule has 0 N–H and O–H groups in total. The lowest BCUT2D eigenvalue weighted by Gasteiger charge is -2.15. The molecule has 5 nitrogen and oxygen atoms in total. The van der Waals surface area contributed by atoms with Gasteiger partial charge in [0.2, 0.25) is 0 Å². The molecule has 0 spiro atoms. The quantitative estimate of drug-likeness (QED) is 0.260. The van der Waals surface area contributed by atoms with Gasteiger partial charge in [0.25, 0.3) is 0 Å². The Morgan fingerprint density at radius 2 is 1.65 bits per heavy atom. The molecule has 3 aromatic carbocycles. The number of halogens is 2. The van der Waals surface area contributed by atoms with Crippen molar-refractivity contribution in [2.45, 2.75) is 13.5 Å². The summed E-state index contributed by atoms with van der Waals surface area (Å²) in [7, 11) is 0. The lowest BCUT2D eigenvalue weighted by Crippen LogP contribution is -2.14. The number of esters is 1. The molecule has 0 unspecified atom stereocenters. The van der Waals surface area contributed by atoms with E-state index in [0.717, 1.165) is 10.0 Å². The van der Waals surface area contributed by atoms with Gasteiger partial charge in [-0.1, -0.05) is 70.0 Å². The third kappa shape index (κ3) is 6.32. The summed E-state index contributed by atoms with van der Waals surface area (Å²) < 4.78 is 17.5. The Balaban J connectivity index is 1.73. The van der Waals surface area contributed by atoms with E-state index in [2.05, 4.69) is 15.9 Å².